The van der Waals surface area contributed by atoms with Crippen LogP contribution in [0, 0.1) is 6.92 Å². The number of oxime groups is 1. The molecule has 0 radical (unpaired) electrons. The first-order valence-electron chi connectivity index (χ1n) is 5.49. The average Bonchev–Trinajstić information content (AvgIpc) is 2.64. The maximum Gasteiger partial charge on any atom is 0.175 e. The molecule has 3 N–H and O–H groups in total. The number of rotatable bonds is 2. The maximum atomic E-state index is 8.83. The van der Waals surface area contributed by atoms with Crippen molar-refractivity contribution in [2.75, 3.05) is 31.2 Å². The fraction of sp³-hybridized carbons (Fsp3) is 0.600. The van der Waals surface area contributed by atoms with E-state index in [1.54, 1.807) is 4.68 Å². The SMILES string of the molecule is Cc1nn(C)c(N2CCOCC2)c1C(N)=NO. The number of hydrogen-bond acceptors (Lipinski definition) is 5. The van der Waals surface area contributed by atoms with Crippen LogP contribution in [0.3, 0.4) is 0 Å². The smallest absolute Gasteiger partial charge is 0.175 e. The first kappa shape index (κ1) is 11.7. The Morgan fingerprint density at radius 1 is 1.47 bits per heavy atom. The van der Waals surface area contributed by atoms with Crippen LogP contribution < -0.4 is 10.6 Å². The van der Waals surface area contributed by atoms with E-state index in [1.807, 2.05) is 14.0 Å². The van der Waals surface area contributed by atoms with Gasteiger partial charge in [-0.2, -0.15) is 5.10 Å². The predicted octanol–water partition coefficient (Wildman–Crippen LogP) is -0.340. The molecule has 0 unspecified atom stereocenters. The lowest BCUT2D eigenvalue weighted by atomic mass is 10.2. The summed E-state index contributed by atoms with van der Waals surface area (Å²) in [5, 5.41) is 16.2. The summed E-state index contributed by atoms with van der Waals surface area (Å²) in [4.78, 5) is 2.14. The molecule has 0 aliphatic carbocycles. The van der Waals surface area contributed by atoms with Crippen molar-refractivity contribution < 1.29 is 9.94 Å². The first-order chi connectivity index (χ1) is 8.15. The molecule has 2 heterocycles. The Hall–Kier alpha value is -1.76. The van der Waals surface area contributed by atoms with Gasteiger partial charge in [-0.05, 0) is 6.92 Å². The zero-order chi connectivity index (χ0) is 12.4. The Bertz CT molecular complexity index is 434. The van der Waals surface area contributed by atoms with Gasteiger partial charge in [-0.15, -0.1) is 0 Å². The number of aryl methyl sites for hydroxylation is 2. The van der Waals surface area contributed by atoms with E-state index in [2.05, 4.69) is 15.2 Å². The molecule has 1 aromatic rings. The summed E-state index contributed by atoms with van der Waals surface area (Å²) in [5.74, 6) is 0.971. The van der Waals surface area contributed by atoms with Crippen molar-refractivity contribution in [1.29, 1.82) is 0 Å². The number of hydrogen-bond donors (Lipinski definition) is 2. The number of nitrogens with two attached hydrogens (primary N) is 1. The summed E-state index contributed by atoms with van der Waals surface area (Å²) >= 11 is 0. The van der Waals surface area contributed by atoms with Crippen LogP contribution in [0.25, 0.3) is 0 Å². The number of amidine groups is 1. The molecule has 0 spiro atoms. The van der Waals surface area contributed by atoms with Crippen LogP contribution in [0.1, 0.15) is 11.3 Å². The van der Waals surface area contributed by atoms with E-state index in [0.717, 1.165) is 24.6 Å². The number of nitrogens with zero attached hydrogens (tertiary/aromatic N) is 4. The van der Waals surface area contributed by atoms with E-state index in [9.17, 15) is 0 Å². The molecule has 1 fully saturated rings. The average molecular weight is 239 g/mol. The van der Waals surface area contributed by atoms with Crippen LogP contribution in [-0.4, -0.2) is 47.1 Å². The molecule has 7 heteroatoms. The summed E-state index contributed by atoms with van der Waals surface area (Å²) in [7, 11) is 1.85. The van der Waals surface area contributed by atoms with Crippen molar-refractivity contribution in [2.24, 2.45) is 17.9 Å². The monoisotopic (exact) mass is 239 g/mol. The van der Waals surface area contributed by atoms with Gasteiger partial charge < -0.3 is 20.6 Å². The van der Waals surface area contributed by atoms with Crippen LogP contribution in [0.5, 0.6) is 0 Å². The third-order valence-electron chi connectivity index (χ3n) is 2.87. The molecule has 1 saturated heterocycles. The fourth-order valence-corrected chi connectivity index (χ4v) is 2.13. The molecule has 0 amide bonds. The quantitative estimate of drug-likeness (QED) is 0.319. The van der Waals surface area contributed by atoms with Crippen molar-refractivity contribution in [3.8, 4) is 0 Å². The third kappa shape index (κ3) is 2.05. The highest BCUT2D eigenvalue weighted by molar-refractivity contribution is 6.02. The Kier molecular flexibility index (Phi) is 3.19. The second kappa shape index (κ2) is 4.62. The summed E-state index contributed by atoms with van der Waals surface area (Å²) < 4.78 is 7.07. The lowest BCUT2D eigenvalue weighted by Gasteiger charge is -2.29. The summed E-state index contributed by atoms with van der Waals surface area (Å²) in [6.07, 6.45) is 0. The van der Waals surface area contributed by atoms with E-state index in [-0.39, 0.29) is 5.84 Å². The van der Waals surface area contributed by atoms with Gasteiger partial charge in [0.1, 0.15) is 5.82 Å². The summed E-state index contributed by atoms with van der Waals surface area (Å²) in [5.41, 5.74) is 7.15. The van der Waals surface area contributed by atoms with Crippen molar-refractivity contribution in [1.82, 2.24) is 9.78 Å². The van der Waals surface area contributed by atoms with Gasteiger partial charge in [0.15, 0.2) is 5.84 Å². The van der Waals surface area contributed by atoms with Gasteiger partial charge in [0.05, 0.1) is 24.5 Å². The highest BCUT2D eigenvalue weighted by atomic mass is 16.5. The zero-order valence-electron chi connectivity index (χ0n) is 10.1. The van der Waals surface area contributed by atoms with E-state index in [0.29, 0.717) is 18.8 Å². The van der Waals surface area contributed by atoms with Crippen molar-refractivity contribution >= 4 is 11.7 Å². The third-order valence-corrected chi connectivity index (χ3v) is 2.87. The highest BCUT2D eigenvalue weighted by Gasteiger charge is 2.23. The Morgan fingerprint density at radius 3 is 2.71 bits per heavy atom. The van der Waals surface area contributed by atoms with Gasteiger partial charge in [-0.3, -0.25) is 4.68 Å². The first-order valence-corrected chi connectivity index (χ1v) is 5.49. The van der Waals surface area contributed by atoms with Crippen LogP contribution in [-0.2, 0) is 11.8 Å². The van der Waals surface area contributed by atoms with Crippen molar-refractivity contribution in [3.63, 3.8) is 0 Å². The lowest BCUT2D eigenvalue weighted by Crippen LogP contribution is -2.38. The van der Waals surface area contributed by atoms with Gasteiger partial charge >= 0.3 is 0 Å². The minimum atomic E-state index is 0.0945. The molecule has 0 bridgehead atoms. The van der Waals surface area contributed by atoms with Gasteiger partial charge in [-0.25, -0.2) is 0 Å². The Labute approximate surface area is 99.4 Å². The molecular formula is C10H17N5O2. The minimum absolute atomic E-state index is 0.0945. The molecule has 0 atom stereocenters. The largest absolute Gasteiger partial charge is 0.409 e. The van der Waals surface area contributed by atoms with Gasteiger partial charge in [0.25, 0.3) is 0 Å². The molecule has 0 aromatic carbocycles. The zero-order valence-corrected chi connectivity index (χ0v) is 10.1. The molecule has 7 nitrogen and oxygen atoms in total. The minimum Gasteiger partial charge on any atom is -0.409 e. The predicted molar refractivity (Wildman–Crippen MR) is 63.5 cm³/mol. The van der Waals surface area contributed by atoms with E-state index < -0.39 is 0 Å². The molecule has 1 aromatic heterocycles. The molecule has 1 aliphatic heterocycles. The van der Waals surface area contributed by atoms with Gasteiger partial charge in [0.2, 0.25) is 0 Å². The second-order valence-corrected chi connectivity index (χ2v) is 3.99. The van der Waals surface area contributed by atoms with Crippen molar-refractivity contribution in [3.05, 3.63) is 11.3 Å². The number of ether oxygens (including phenoxy) is 1. The summed E-state index contributed by atoms with van der Waals surface area (Å²) in [6.45, 7) is 4.77. The topological polar surface area (TPSA) is 88.9 Å². The number of morpholine rings is 1. The molecule has 1 aliphatic rings. The van der Waals surface area contributed by atoms with E-state index in [4.69, 9.17) is 15.7 Å². The van der Waals surface area contributed by atoms with Gasteiger partial charge in [0, 0.05) is 20.1 Å². The van der Waals surface area contributed by atoms with Crippen LogP contribution in [0.2, 0.25) is 0 Å². The Morgan fingerprint density at radius 2 is 2.12 bits per heavy atom. The molecule has 17 heavy (non-hydrogen) atoms. The second-order valence-electron chi connectivity index (χ2n) is 3.99. The maximum absolute atomic E-state index is 8.83. The van der Waals surface area contributed by atoms with Crippen LogP contribution in [0.4, 0.5) is 5.82 Å². The normalized spacial score (nSPS) is 17.5. The van der Waals surface area contributed by atoms with Crippen molar-refractivity contribution in [2.45, 2.75) is 6.92 Å². The molecular weight excluding hydrogens is 222 g/mol. The van der Waals surface area contributed by atoms with Crippen LogP contribution >= 0.6 is 0 Å². The lowest BCUT2D eigenvalue weighted by molar-refractivity contribution is 0.122. The number of anilines is 1. The van der Waals surface area contributed by atoms with E-state index >= 15 is 0 Å². The van der Waals surface area contributed by atoms with E-state index in [1.165, 1.54) is 0 Å². The molecule has 94 valence electrons. The molecule has 0 saturated carbocycles. The van der Waals surface area contributed by atoms with Crippen LogP contribution in [0.15, 0.2) is 5.16 Å². The Balaban J connectivity index is 2.44. The van der Waals surface area contributed by atoms with Gasteiger partial charge in [-0.1, -0.05) is 5.16 Å². The fourth-order valence-electron chi connectivity index (χ4n) is 2.13. The molecule has 2 rings (SSSR count). The standard InChI is InChI=1S/C10H17N5O2/c1-7-8(9(11)13-16)10(14(2)12-7)15-3-5-17-6-4-15/h16H,3-6H2,1-2H3,(H2,11,13). The summed E-state index contributed by atoms with van der Waals surface area (Å²) in [6, 6.07) is 0. The number of aromatic nitrogens is 2. The highest BCUT2D eigenvalue weighted by Crippen LogP contribution is 2.23.